The molecular weight excluding hydrogens is 278 g/mol. The molecule has 1 heterocycles. The van der Waals surface area contributed by atoms with E-state index in [-0.39, 0.29) is 6.10 Å². The molecule has 0 aliphatic heterocycles. The van der Waals surface area contributed by atoms with Gasteiger partial charge < -0.3 is 10.0 Å². The van der Waals surface area contributed by atoms with Gasteiger partial charge in [0.25, 0.3) is 0 Å². The Bertz CT molecular complexity index is 525. The molecular formula is C13H17N3OS2. The minimum atomic E-state index is -0.374. The van der Waals surface area contributed by atoms with E-state index in [1.165, 1.54) is 0 Å². The highest BCUT2D eigenvalue weighted by Gasteiger charge is 2.08. The van der Waals surface area contributed by atoms with Crippen molar-refractivity contribution in [1.29, 1.82) is 0 Å². The van der Waals surface area contributed by atoms with Crippen molar-refractivity contribution in [3.63, 3.8) is 0 Å². The maximum Gasteiger partial charge on any atom is 0.208 e. The maximum atomic E-state index is 9.74. The third-order valence-electron chi connectivity index (χ3n) is 2.64. The number of benzene rings is 1. The van der Waals surface area contributed by atoms with Crippen LogP contribution in [-0.4, -0.2) is 29.4 Å². The Morgan fingerprint density at radius 2 is 1.95 bits per heavy atom. The van der Waals surface area contributed by atoms with Crippen molar-refractivity contribution in [3.8, 4) is 0 Å². The van der Waals surface area contributed by atoms with E-state index in [0.717, 1.165) is 26.4 Å². The summed E-state index contributed by atoms with van der Waals surface area (Å²) in [6, 6.07) is 7.94. The third kappa shape index (κ3) is 3.68. The number of hydrogen-bond acceptors (Lipinski definition) is 6. The molecule has 2 rings (SSSR count). The van der Waals surface area contributed by atoms with Gasteiger partial charge >= 0.3 is 0 Å². The number of nitrogens with zero attached hydrogens (tertiary/aromatic N) is 3. The second-order valence-corrected chi connectivity index (χ2v) is 6.62. The highest BCUT2D eigenvalue weighted by molar-refractivity contribution is 8.01. The predicted molar refractivity (Wildman–Crippen MR) is 80.1 cm³/mol. The highest BCUT2D eigenvalue weighted by Crippen LogP contribution is 2.33. The van der Waals surface area contributed by atoms with Crippen LogP contribution in [0.1, 0.15) is 25.0 Å². The van der Waals surface area contributed by atoms with Crippen molar-refractivity contribution in [3.05, 3.63) is 29.8 Å². The van der Waals surface area contributed by atoms with Gasteiger partial charge in [0, 0.05) is 19.0 Å². The average Bonchev–Trinajstić information content (AvgIpc) is 2.87. The molecule has 0 saturated heterocycles. The SMILES string of the molecule is CC[C@H](O)c1ccc(Sc2nnc(N(C)C)s2)cc1. The van der Waals surface area contributed by atoms with E-state index in [4.69, 9.17) is 0 Å². The fraction of sp³-hybridized carbons (Fsp3) is 0.385. The van der Waals surface area contributed by atoms with Crippen LogP contribution in [0.3, 0.4) is 0 Å². The van der Waals surface area contributed by atoms with Gasteiger partial charge in [0.15, 0.2) is 4.34 Å². The molecule has 1 N–H and O–H groups in total. The van der Waals surface area contributed by atoms with Crippen molar-refractivity contribution in [2.24, 2.45) is 0 Å². The first-order valence-corrected chi connectivity index (χ1v) is 7.70. The molecule has 102 valence electrons. The van der Waals surface area contributed by atoms with Crippen LogP contribution in [0.4, 0.5) is 5.13 Å². The standard InChI is InChI=1S/C13H17N3OS2/c1-4-11(17)9-5-7-10(8-6-9)18-13-15-14-12(19-13)16(2)3/h5-8,11,17H,4H2,1-3H3/t11-/m0/s1. The van der Waals surface area contributed by atoms with Crippen LogP contribution in [-0.2, 0) is 0 Å². The number of aromatic nitrogens is 2. The summed E-state index contributed by atoms with van der Waals surface area (Å²) in [5.74, 6) is 0. The van der Waals surface area contributed by atoms with E-state index >= 15 is 0 Å². The summed E-state index contributed by atoms with van der Waals surface area (Å²) in [5, 5.41) is 18.9. The molecule has 0 radical (unpaired) electrons. The normalized spacial score (nSPS) is 12.4. The number of aliphatic hydroxyl groups excluding tert-OH is 1. The number of anilines is 1. The molecule has 1 aromatic carbocycles. The lowest BCUT2D eigenvalue weighted by molar-refractivity contribution is 0.173. The molecule has 0 amide bonds. The second kappa shape index (κ2) is 6.36. The van der Waals surface area contributed by atoms with Crippen LogP contribution >= 0.6 is 23.1 Å². The van der Waals surface area contributed by atoms with Gasteiger partial charge in [0.1, 0.15) is 0 Å². The first-order valence-electron chi connectivity index (χ1n) is 6.07. The lowest BCUT2D eigenvalue weighted by atomic mass is 10.1. The molecule has 0 saturated carbocycles. The smallest absolute Gasteiger partial charge is 0.208 e. The monoisotopic (exact) mass is 295 g/mol. The summed E-state index contributed by atoms with van der Waals surface area (Å²) in [5.41, 5.74) is 0.957. The van der Waals surface area contributed by atoms with Crippen molar-refractivity contribution in [2.45, 2.75) is 28.7 Å². The lowest BCUT2D eigenvalue weighted by Crippen LogP contribution is -2.07. The summed E-state index contributed by atoms with van der Waals surface area (Å²) in [6.45, 7) is 1.97. The summed E-state index contributed by atoms with van der Waals surface area (Å²) >= 11 is 3.16. The van der Waals surface area contributed by atoms with Gasteiger partial charge in [-0.25, -0.2) is 0 Å². The Labute approximate surface area is 121 Å². The Kier molecular flexibility index (Phi) is 4.79. The molecule has 0 fully saturated rings. The molecule has 1 atom stereocenters. The zero-order valence-electron chi connectivity index (χ0n) is 11.2. The quantitative estimate of drug-likeness (QED) is 0.918. The average molecular weight is 295 g/mol. The molecule has 1 aromatic heterocycles. The van der Waals surface area contributed by atoms with Crippen LogP contribution in [0.15, 0.2) is 33.5 Å². The van der Waals surface area contributed by atoms with E-state index < -0.39 is 0 Å². The van der Waals surface area contributed by atoms with E-state index in [0.29, 0.717) is 0 Å². The summed E-state index contributed by atoms with van der Waals surface area (Å²) in [6.07, 6.45) is 0.357. The Balaban J connectivity index is 2.06. The van der Waals surface area contributed by atoms with Crippen LogP contribution in [0, 0.1) is 0 Å². The molecule has 19 heavy (non-hydrogen) atoms. The van der Waals surface area contributed by atoms with Crippen LogP contribution < -0.4 is 4.90 Å². The van der Waals surface area contributed by atoms with E-state index in [9.17, 15) is 5.11 Å². The molecule has 2 aromatic rings. The molecule has 4 nitrogen and oxygen atoms in total. The van der Waals surface area contributed by atoms with Crippen LogP contribution in [0.25, 0.3) is 0 Å². The second-order valence-electron chi connectivity index (χ2n) is 4.34. The fourth-order valence-corrected chi connectivity index (χ4v) is 3.26. The van der Waals surface area contributed by atoms with E-state index in [1.807, 2.05) is 50.2 Å². The molecule has 0 unspecified atom stereocenters. The summed E-state index contributed by atoms with van der Waals surface area (Å²) in [7, 11) is 3.91. The van der Waals surface area contributed by atoms with Gasteiger partial charge in [-0.2, -0.15) is 0 Å². The number of aliphatic hydroxyl groups is 1. The number of rotatable bonds is 5. The number of hydrogen-bond donors (Lipinski definition) is 1. The van der Waals surface area contributed by atoms with Crippen LogP contribution in [0.2, 0.25) is 0 Å². The molecule has 0 spiro atoms. The minimum absolute atomic E-state index is 0.374. The molecule has 6 heteroatoms. The van der Waals surface area contributed by atoms with Gasteiger partial charge in [-0.05, 0) is 24.1 Å². The molecule has 0 aliphatic carbocycles. The molecule has 0 aliphatic rings. The van der Waals surface area contributed by atoms with E-state index in [1.54, 1.807) is 23.1 Å². The third-order valence-corrected chi connectivity index (χ3v) is 4.78. The van der Waals surface area contributed by atoms with Gasteiger partial charge in [0.05, 0.1) is 6.10 Å². The van der Waals surface area contributed by atoms with Gasteiger partial charge in [-0.3, -0.25) is 0 Å². The Morgan fingerprint density at radius 1 is 1.26 bits per heavy atom. The zero-order valence-corrected chi connectivity index (χ0v) is 12.8. The fourth-order valence-electron chi connectivity index (χ4n) is 1.52. The Morgan fingerprint density at radius 3 is 2.47 bits per heavy atom. The highest BCUT2D eigenvalue weighted by atomic mass is 32.2. The largest absolute Gasteiger partial charge is 0.388 e. The first kappa shape index (κ1) is 14.3. The molecule has 0 bridgehead atoms. The van der Waals surface area contributed by atoms with E-state index in [2.05, 4.69) is 10.2 Å². The van der Waals surface area contributed by atoms with Crippen molar-refractivity contribution in [2.75, 3.05) is 19.0 Å². The van der Waals surface area contributed by atoms with Crippen LogP contribution in [0.5, 0.6) is 0 Å². The van der Waals surface area contributed by atoms with Gasteiger partial charge in [-0.15, -0.1) is 10.2 Å². The zero-order chi connectivity index (χ0) is 13.8. The topological polar surface area (TPSA) is 49.3 Å². The lowest BCUT2D eigenvalue weighted by Gasteiger charge is -2.08. The van der Waals surface area contributed by atoms with Crippen molar-refractivity contribution >= 4 is 28.2 Å². The van der Waals surface area contributed by atoms with Crippen molar-refractivity contribution < 1.29 is 5.11 Å². The van der Waals surface area contributed by atoms with Crippen molar-refractivity contribution in [1.82, 2.24) is 10.2 Å². The minimum Gasteiger partial charge on any atom is -0.388 e. The summed E-state index contributed by atoms with van der Waals surface area (Å²) < 4.78 is 0.924. The summed E-state index contributed by atoms with van der Waals surface area (Å²) in [4.78, 5) is 3.05. The first-order chi connectivity index (χ1) is 9.10. The predicted octanol–water partition coefficient (Wildman–Crippen LogP) is 3.20. The van der Waals surface area contributed by atoms with Gasteiger partial charge in [0.2, 0.25) is 5.13 Å². The Hall–Kier alpha value is -1.11. The van der Waals surface area contributed by atoms with Gasteiger partial charge in [-0.1, -0.05) is 42.2 Å². The maximum absolute atomic E-state index is 9.74.